The fraction of sp³-hybridized carbons (Fsp3) is 0.250. The van der Waals surface area contributed by atoms with Crippen molar-refractivity contribution in [2.24, 2.45) is 0 Å². The summed E-state index contributed by atoms with van der Waals surface area (Å²) in [4.78, 5) is 26.9. The number of anilines is 1. The lowest BCUT2D eigenvalue weighted by molar-refractivity contribution is -0.124. The smallest absolute Gasteiger partial charge is 0.290 e. The van der Waals surface area contributed by atoms with E-state index in [2.05, 4.69) is 10.4 Å². The highest BCUT2D eigenvalue weighted by molar-refractivity contribution is 7.15. The third-order valence-electron chi connectivity index (χ3n) is 4.35. The summed E-state index contributed by atoms with van der Waals surface area (Å²) in [6, 6.07) is 10.9. The standard InChI is InChI=1S/C20H21FN4O2S/c1-12-7-8-18(28-12)17-11-16(22)20(27)25(24-17)13(2)19(26)23-10-9-14-5-3-4-6-15(14)21/h3-8,11,13H,9-10,22H2,1-2H3,(H,23,26)/t13-/m0/s1. The molecular formula is C20H21FN4O2S. The summed E-state index contributed by atoms with van der Waals surface area (Å²) >= 11 is 1.53. The zero-order valence-electron chi connectivity index (χ0n) is 15.6. The van der Waals surface area contributed by atoms with Crippen molar-refractivity contribution in [2.75, 3.05) is 12.3 Å². The predicted octanol–water partition coefficient (Wildman–Crippen LogP) is 2.92. The molecule has 0 aliphatic rings. The second kappa shape index (κ2) is 8.35. The molecule has 3 N–H and O–H groups in total. The molecule has 1 atom stereocenters. The van der Waals surface area contributed by atoms with Crippen LogP contribution in [0.15, 0.2) is 47.3 Å². The molecule has 0 saturated carbocycles. The maximum atomic E-state index is 13.7. The van der Waals surface area contributed by atoms with E-state index in [9.17, 15) is 14.0 Å². The lowest BCUT2D eigenvalue weighted by Gasteiger charge is -2.15. The fourth-order valence-corrected chi connectivity index (χ4v) is 3.59. The molecule has 0 aliphatic heterocycles. The fourth-order valence-electron chi connectivity index (χ4n) is 2.77. The summed E-state index contributed by atoms with van der Waals surface area (Å²) in [5.74, 6) is -0.695. The van der Waals surface area contributed by atoms with Crippen molar-refractivity contribution in [1.82, 2.24) is 15.1 Å². The van der Waals surface area contributed by atoms with E-state index in [1.54, 1.807) is 25.1 Å². The second-order valence-electron chi connectivity index (χ2n) is 6.45. The summed E-state index contributed by atoms with van der Waals surface area (Å²) < 4.78 is 14.8. The van der Waals surface area contributed by atoms with E-state index in [1.165, 1.54) is 23.5 Å². The predicted molar refractivity (Wildman–Crippen MR) is 109 cm³/mol. The number of thiophene rings is 1. The molecule has 2 heterocycles. The van der Waals surface area contributed by atoms with E-state index < -0.39 is 11.6 Å². The molecule has 0 bridgehead atoms. The number of nitrogen functional groups attached to an aromatic ring is 1. The van der Waals surface area contributed by atoms with Crippen molar-refractivity contribution in [3.63, 3.8) is 0 Å². The van der Waals surface area contributed by atoms with Crippen LogP contribution in [0.4, 0.5) is 10.1 Å². The Morgan fingerprint density at radius 3 is 2.75 bits per heavy atom. The van der Waals surface area contributed by atoms with Crippen LogP contribution < -0.4 is 16.6 Å². The van der Waals surface area contributed by atoms with Crippen LogP contribution in [0.2, 0.25) is 0 Å². The number of nitrogens with zero attached hydrogens (tertiary/aromatic N) is 2. The van der Waals surface area contributed by atoms with Crippen LogP contribution in [0, 0.1) is 12.7 Å². The van der Waals surface area contributed by atoms with E-state index in [0.717, 1.165) is 14.4 Å². The Morgan fingerprint density at radius 1 is 1.32 bits per heavy atom. The van der Waals surface area contributed by atoms with Gasteiger partial charge in [0, 0.05) is 11.4 Å². The largest absolute Gasteiger partial charge is 0.394 e. The first kappa shape index (κ1) is 19.8. The minimum atomic E-state index is -0.851. The zero-order chi connectivity index (χ0) is 20.3. The SMILES string of the molecule is Cc1ccc(-c2cc(N)c(=O)n([C@@H](C)C(=O)NCCc3ccccc3F)n2)s1. The number of amides is 1. The summed E-state index contributed by atoms with van der Waals surface area (Å²) in [7, 11) is 0. The first-order chi connectivity index (χ1) is 13.4. The lowest BCUT2D eigenvalue weighted by Crippen LogP contribution is -2.38. The second-order valence-corrected chi connectivity index (χ2v) is 7.74. The molecule has 0 fully saturated rings. The Bertz CT molecular complexity index is 1060. The monoisotopic (exact) mass is 400 g/mol. The Kier molecular flexibility index (Phi) is 5.89. The number of rotatable bonds is 6. The normalized spacial score (nSPS) is 12.0. The van der Waals surface area contributed by atoms with Crippen molar-refractivity contribution >= 4 is 22.9 Å². The summed E-state index contributed by atoms with van der Waals surface area (Å²) in [5.41, 5.74) is 6.43. The van der Waals surface area contributed by atoms with Crippen LogP contribution in [0.5, 0.6) is 0 Å². The van der Waals surface area contributed by atoms with Gasteiger partial charge in [-0.05, 0) is 50.1 Å². The quantitative estimate of drug-likeness (QED) is 0.666. The zero-order valence-corrected chi connectivity index (χ0v) is 16.4. The number of benzene rings is 1. The van der Waals surface area contributed by atoms with Crippen LogP contribution >= 0.6 is 11.3 Å². The van der Waals surface area contributed by atoms with Gasteiger partial charge in [0.1, 0.15) is 23.2 Å². The van der Waals surface area contributed by atoms with Gasteiger partial charge in [0.15, 0.2) is 0 Å². The lowest BCUT2D eigenvalue weighted by atomic mass is 10.1. The topological polar surface area (TPSA) is 90.0 Å². The highest BCUT2D eigenvalue weighted by Crippen LogP contribution is 2.26. The minimum absolute atomic E-state index is 0.0297. The average Bonchev–Trinajstić information content (AvgIpc) is 3.11. The molecule has 146 valence electrons. The first-order valence-corrected chi connectivity index (χ1v) is 9.65. The van der Waals surface area contributed by atoms with Crippen LogP contribution in [0.3, 0.4) is 0 Å². The van der Waals surface area contributed by atoms with Crippen LogP contribution in [-0.4, -0.2) is 22.2 Å². The number of carbonyl (C=O) groups excluding carboxylic acids is 1. The van der Waals surface area contributed by atoms with Crippen molar-refractivity contribution in [3.05, 3.63) is 69.1 Å². The number of hydrogen-bond acceptors (Lipinski definition) is 5. The van der Waals surface area contributed by atoms with Crippen molar-refractivity contribution in [1.29, 1.82) is 0 Å². The molecule has 0 unspecified atom stereocenters. The van der Waals surface area contributed by atoms with Crippen molar-refractivity contribution in [3.8, 4) is 10.6 Å². The van der Waals surface area contributed by atoms with Crippen LogP contribution in [0.1, 0.15) is 23.4 Å². The summed E-state index contributed by atoms with van der Waals surface area (Å²) in [6.07, 6.45) is 0.351. The molecule has 28 heavy (non-hydrogen) atoms. The molecule has 0 spiro atoms. The third-order valence-corrected chi connectivity index (χ3v) is 5.38. The number of nitrogens with one attached hydrogen (secondary N) is 1. The molecule has 3 rings (SSSR count). The maximum absolute atomic E-state index is 13.7. The number of carbonyl (C=O) groups is 1. The van der Waals surface area contributed by atoms with Gasteiger partial charge in [0.2, 0.25) is 5.91 Å². The highest BCUT2D eigenvalue weighted by Gasteiger charge is 2.20. The van der Waals surface area contributed by atoms with Crippen molar-refractivity contribution < 1.29 is 9.18 Å². The van der Waals surface area contributed by atoms with Gasteiger partial charge in [0.25, 0.3) is 5.56 Å². The van der Waals surface area contributed by atoms with Gasteiger partial charge in [0.05, 0.1) is 4.88 Å². The Balaban J connectivity index is 1.74. The van der Waals surface area contributed by atoms with E-state index in [4.69, 9.17) is 5.73 Å². The van der Waals surface area contributed by atoms with Gasteiger partial charge in [-0.25, -0.2) is 9.07 Å². The summed E-state index contributed by atoms with van der Waals surface area (Å²) in [6.45, 7) is 3.80. The van der Waals surface area contributed by atoms with Gasteiger partial charge in [-0.15, -0.1) is 11.3 Å². The highest BCUT2D eigenvalue weighted by atomic mass is 32.1. The van der Waals surface area contributed by atoms with Crippen LogP contribution in [-0.2, 0) is 11.2 Å². The first-order valence-electron chi connectivity index (χ1n) is 8.84. The van der Waals surface area contributed by atoms with Gasteiger partial charge in [-0.2, -0.15) is 5.10 Å². The number of aryl methyl sites for hydroxylation is 1. The molecule has 1 aromatic carbocycles. The molecular weight excluding hydrogens is 379 g/mol. The van der Waals surface area contributed by atoms with Gasteiger partial charge in [-0.1, -0.05) is 18.2 Å². The van der Waals surface area contributed by atoms with Gasteiger partial charge in [-0.3, -0.25) is 9.59 Å². The maximum Gasteiger partial charge on any atom is 0.290 e. The Hall–Kier alpha value is -3.00. The van der Waals surface area contributed by atoms with Gasteiger partial charge >= 0.3 is 0 Å². The average molecular weight is 400 g/mol. The van der Waals surface area contributed by atoms with E-state index in [-0.39, 0.29) is 24.0 Å². The molecule has 0 radical (unpaired) electrons. The van der Waals surface area contributed by atoms with Crippen LogP contribution in [0.25, 0.3) is 10.6 Å². The third kappa shape index (κ3) is 4.28. The van der Waals surface area contributed by atoms with E-state index in [0.29, 0.717) is 17.7 Å². The van der Waals surface area contributed by atoms with E-state index in [1.807, 2.05) is 19.1 Å². The van der Waals surface area contributed by atoms with Crippen molar-refractivity contribution in [2.45, 2.75) is 26.3 Å². The molecule has 8 heteroatoms. The number of nitrogens with two attached hydrogens (primary N) is 1. The molecule has 6 nitrogen and oxygen atoms in total. The number of halogens is 1. The molecule has 1 amide bonds. The number of hydrogen-bond donors (Lipinski definition) is 2. The molecule has 3 aromatic rings. The minimum Gasteiger partial charge on any atom is -0.394 e. The Labute approximate surface area is 165 Å². The molecule has 2 aromatic heterocycles. The Morgan fingerprint density at radius 2 is 2.07 bits per heavy atom. The summed E-state index contributed by atoms with van der Waals surface area (Å²) in [5, 5.41) is 7.05. The van der Waals surface area contributed by atoms with Gasteiger partial charge < -0.3 is 11.1 Å². The number of aromatic nitrogens is 2. The molecule has 0 aliphatic carbocycles. The van der Waals surface area contributed by atoms with E-state index >= 15 is 0 Å². The molecule has 0 saturated heterocycles.